The van der Waals surface area contributed by atoms with Crippen LogP contribution in [0.1, 0.15) is 67.2 Å². The van der Waals surface area contributed by atoms with Crippen LogP contribution < -0.4 is 0 Å². The minimum absolute atomic E-state index is 0.0587. The molecule has 3 N–H and O–H groups in total. The Labute approximate surface area is 289 Å². The number of methoxy groups -OCH3 is 3. The number of rotatable bonds is 8. The number of esters is 1. The summed E-state index contributed by atoms with van der Waals surface area (Å²) in [7, 11) is 4.48. The van der Waals surface area contributed by atoms with Gasteiger partial charge in [0, 0.05) is 52.1 Å². The number of hydrogen-bond acceptors (Lipinski definition) is 14. The van der Waals surface area contributed by atoms with Crippen LogP contribution in [0.5, 0.6) is 0 Å². The number of aliphatic hydroxyl groups is 3. The Morgan fingerprint density at radius 1 is 0.878 bits per heavy atom. The van der Waals surface area contributed by atoms with Crippen molar-refractivity contribution in [1.29, 1.82) is 0 Å². The number of carbonyl (C=O) groups excluding carboxylic acids is 2. The van der Waals surface area contributed by atoms with Crippen LogP contribution in [0.4, 0.5) is 0 Å². The molecular formula is C35H58O14. The van der Waals surface area contributed by atoms with Crippen LogP contribution in [-0.4, -0.2) is 140 Å². The summed E-state index contributed by atoms with van der Waals surface area (Å²) in [6, 6.07) is 0. The standard InChI is InChI=1S/C35H58O14/c1-17-10-13-26(37)46-20(4)22(16-44-34-32(43-9)31(42-8)27(38)21(5)47-34)30-23(48-30)11-12-25(36)35(6,40)15-18(2)29(17)49-33-28(39)24(41-7)14-19(3)45-33/h10,13,17-24,27-34,38-40H,11-12,14-16H2,1-9H3/b13-10+/t17-,18-,19-,20+,21+,22+,23-,24+,27+,28-,29+,30-,31+,32+,33+,34+,35-/m0/s1. The van der Waals surface area contributed by atoms with Crippen LogP contribution in [0.3, 0.4) is 0 Å². The third kappa shape index (κ3) is 9.86. The van der Waals surface area contributed by atoms with Crippen molar-refractivity contribution in [2.24, 2.45) is 17.8 Å². The first-order chi connectivity index (χ1) is 23.1. The van der Waals surface area contributed by atoms with Crippen LogP contribution >= 0.6 is 0 Å². The molecule has 4 aliphatic rings. The summed E-state index contributed by atoms with van der Waals surface area (Å²) in [6.07, 6.45) is -4.62. The van der Waals surface area contributed by atoms with Gasteiger partial charge in [0.15, 0.2) is 18.4 Å². The SMILES string of the molecule is CO[C@@H]1[C@H](O)[C@@H](C)O[C@@H](OC[C@H]2[C@@H]3O[C@H]3CCC(=O)[C@@](C)(O)C[C@H](C)[C@H](O[C@H]3O[C@@H](C)C[C@@H](OC)[C@@H]3O)[C@@H](C)/C=C/C(=O)O[C@@H]2C)[C@@H]1OC. The minimum atomic E-state index is -1.67. The van der Waals surface area contributed by atoms with Gasteiger partial charge in [0.25, 0.3) is 0 Å². The number of carbonyl (C=O) groups is 2. The number of ketones is 1. The van der Waals surface area contributed by atoms with E-state index in [1.165, 1.54) is 34.3 Å². The van der Waals surface area contributed by atoms with E-state index in [1.807, 2.05) is 20.8 Å². The first-order valence-corrected chi connectivity index (χ1v) is 17.4. The summed E-state index contributed by atoms with van der Waals surface area (Å²) in [5, 5.41) is 32.9. The van der Waals surface area contributed by atoms with Crippen molar-refractivity contribution in [1.82, 2.24) is 0 Å². The second-order valence-electron chi connectivity index (χ2n) is 14.4. The maximum absolute atomic E-state index is 13.4. The lowest BCUT2D eigenvalue weighted by Gasteiger charge is -2.42. The third-order valence-corrected chi connectivity index (χ3v) is 10.5. The average molecular weight is 703 g/mol. The van der Waals surface area contributed by atoms with Crippen LogP contribution in [0, 0.1) is 17.8 Å². The van der Waals surface area contributed by atoms with E-state index in [4.69, 9.17) is 42.6 Å². The minimum Gasteiger partial charge on any atom is -0.459 e. The van der Waals surface area contributed by atoms with Crippen molar-refractivity contribution in [2.75, 3.05) is 27.9 Å². The first-order valence-electron chi connectivity index (χ1n) is 17.4. The van der Waals surface area contributed by atoms with Crippen LogP contribution in [0.15, 0.2) is 12.2 Å². The number of fused-ring (bicyclic) bond motifs is 1. The summed E-state index contributed by atoms with van der Waals surface area (Å²) < 4.78 is 52.8. The molecule has 0 unspecified atom stereocenters. The molecule has 0 saturated carbocycles. The molecule has 17 atom stereocenters. The summed E-state index contributed by atoms with van der Waals surface area (Å²) in [4.78, 5) is 26.6. The summed E-state index contributed by atoms with van der Waals surface area (Å²) >= 11 is 0. The maximum Gasteiger partial charge on any atom is 0.330 e. The molecule has 49 heavy (non-hydrogen) atoms. The quantitative estimate of drug-likeness (QED) is 0.246. The van der Waals surface area contributed by atoms with E-state index < -0.39 is 84.8 Å². The highest BCUT2D eigenvalue weighted by atomic mass is 16.7. The Balaban J connectivity index is 1.54. The van der Waals surface area contributed by atoms with Crippen molar-refractivity contribution in [3.63, 3.8) is 0 Å². The molecule has 0 aromatic carbocycles. The van der Waals surface area contributed by atoms with E-state index >= 15 is 0 Å². The number of epoxide rings is 1. The van der Waals surface area contributed by atoms with E-state index in [2.05, 4.69) is 0 Å². The molecule has 282 valence electrons. The van der Waals surface area contributed by atoms with Crippen LogP contribution in [0.2, 0.25) is 0 Å². The molecular weight excluding hydrogens is 644 g/mol. The van der Waals surface area contributed by atoms with Crippen molar-refractivity contribution < 1.29 is 67.5 Å². The molecule has 0 radical (unpaired) electrons. The Hall–Kier alpha value is -1.56. The number of cyclic esters (lactones) is 1. The van der Waals surface area contributed by atoms with E-state index in [1.54, 1.807) is 19.9 Å². The Morgan fingerprint density at radius 3 is 2.22 bits per heavy atom. The normalized spacial score (nSPS) is 48.0. The topological polar surface area (TPSA) is 181 Å². The highest BCUT2D eigenvalue weighted by Gasteiger charge is 2.51. The van der Waals surface area contributed by atoms with E-state index in [0.29, 0.717) is 12.8 Å². The zero-order valence-electron chi connectivity index (χ0n) is 30.3. The molecule has 4 aliphatic heterocycles. The predicted molar refractivity (Wildman–Crippen MR) is 173 cm³/mol. The van der Waals surface area contributed by atoms with Crippen molar-refractivity contribution in [3.8, 4) is 0 Å². The molecule has 14 nitrogen and oxygen atoms in total. The molecule has 0 aromatic heterocycles. The van der Waals surface area contributed by atoms with Gasteiger partial charge in [0.05, 0.1) is 43.2 Å². The van der Waals surface area contributed by atoms with Gasteiger partial charge in [-0.3, -0.25) is 4.79 Å². The second kappa shape index (κ2) is 17.3. The fraction of sp³-hybridized carbons (Fsp3) is 0.886. The van der Waals surface area contributed by atoms with Gasteiger partial charge in [-0.2, -0.15) is 0 Å². The Kier molecular flexibility index (Phi) is 14.2. The van der Waals surface area contributed by atoms with Gasteiger partial charge in [0.2, 0.25) is 0 Å². The maximum atomic E-state index is 13.4. The lowest BCUT2D eigenvalue weighted by Crippen LogP contribution is -2.59. The molecule has 0 aromatic rings. The Bertz CT molecular complexity index is 1120. The summed E-state index contributed by atoms with van der Waals surface area (Å²) in [6.45, 7) is 10.6. The fourth-order valence-electron chi connectivity index (χ4n) is 7.44. The van der Waals surface area contributed by atoms with Gasteiger partial charge in [-0.25, -0.2) is 4.79 Å². The zero-order valence-corrected chi connectivity index (χ0v) is 30.3. The van der Waals surface area contributed by atoms with Crippen molar-refractivity contribution in [3.05, 3.63) is 12.2 Å². The largest absolute Gasteiger partial charge is 0.459 e. The third-order valence-electron chi connectivity index (χ3n) is 10.5. The van der Waals surface area contributed by atoms with Crippen LogP contribution in [0.25, 0.3) is 0 Å². The number of aliphatic hydroxyl groups excluding tert-OH is 2. The molecule has 0 spiro atoms. The average Bonchev–Trinajstić information content (AvgIpc) is 3.82. The zero-order chi connectivity index (χ0) is 36.2. The lowest BCUT2D eigenvalue weighted by molar-refractivity contribution is -0.305. The molecule has 3 saturated heterocycles. The number of ether oxygens (including phenoxy) is 9. The molecule has 4 heterocycles. The van der Waals surface area contributed by atoms with Gasteiger partial charge >= 0.3 is 5.97 Å². The molecule has 0 bridgehead atoms. The summed E-state index contributed by atoms with van der Waals surface area (Å²) in [5.74, 6) is -2.15. The first kappa shape index (κ1) is 40.2. The molecule has 0 aliphatic carbocycles. The van der Waals surface area contributed by atoms with Crippen molar-refractivity contribution in [2.45, 2.75) is 153 Å². The Morgan fingerprint density at radius 2 is 1.57 bits per heavy atom. The second-order valence-corrected chi connectivity index (χ2v) is 14.4. The molecule has 0 amide bonds. The highest BCUT2D eigenvalue weighted by Crippen LogP contribution is 2.38. The molecule has 3 fully saturated rings. The molecule has 4 rings (SSSR count). The monoisotopic (exact) mass is 702 g/mol. The van der Waals surface area contributed by atoms with Gasteiger partial charge in [-0.1, -0.05) is 19.9 Å². The lowest BCUT2D eigenvalue weighted by atomic mass is 9.81. The number of hydrogen-bond donors (Lipinski definition) is 3. The van der Waals surface area contributed by atoms with Gasteiger partial charge < -0.3 is 58.0 Å². The van der Waals surface area contributed by atoms with Gasteiger partial charge in [0.1, 0.15) is 36.1 Å². The van der Waals surface area contributed by atoms with E-state index in [-0.39, 0.29) is 49.5 Å². The van der Waals surface area contributed by atoms with Gasteiger partial charge in [-0.05, 0) is 46.5 Å². The molecule has 14 heteroatoms. The van der Waals surface area contributed by atoms with E-state index in [9.17, 15) is 24.9 Å². The van der Waals surface area contributed by atoms with Crippen LogP contribution in [-0.2, 0) is 52.2 Å². The smallest absolute Gasteiger partial charge is 0.330 e. The predicted octanol–water partition coefficient (Wildman–Crippen LogP) is 1.68. The fourth-order valence-corrected chi connectivity index (χ4v) is 7.44. The van der Waals surface area contributed by atoms with E-state index in [0.717, 1.165) is 0 Å². The van der Waals surface area contributed by atoms with Crippen molar-refractivity contribution >= 4 is 11.8 Å². The summed E-state index contributed by atoms with van der Waals surface area (Å²) in [5.41, 5.74) is -1.67. The highest BCUT2D eigenvalue weighted by molar-refractivity contribution is 5.86. The number of Topliss-reactive ketones (excluding diaryl/α,β-unsaturated/α-hetero) is 1. The van der Waals surface area contributed by atoms with Gasteiger partial charge in [-0.15, -0.1) is 0 Å².